The Morgan fingerprint density at radius 1 is 1.12 bits per heavy atom. The number of ether oxygens (including phenoxy) is 5. The highest BCUT2D eigenvalue weighted by Crippen LogP contribution is 2.30. The number of methoxy groups -OCH3 is 1. The number of cyclic esters (lactones) is 2. The maximum absolute atomic E-state index is 13.4. The van der Waals surface area contributed by atoms with Gasteiger partial charge in [-0.3, -0.25) is 19.2 Å². The van der Waals surface area contributed by atoms with Gasteiger partial charge < -0.3 is 29.0 Å². The Morgan fingerprint density at radius 2 is 1.84 bits per heavy atom. The van der Waals surface area contributed by atoms with Crippen molar-refractivity contribution in [3.63, 3.8) is 0 Å². The average molecular weight is 619 g/mol. The Morgan fingerprint density at radius 3 is 2.49 bits per heavy atom. The second-order valence-corrected chi connectivity index (χ2v) is 10.5. The third kappa shape index (κ3) is 9.15. The molecule has 0 radical (unpaired) electrons. The van der Waals surface area contributed by atoms with Crippen LogP contribution in [-0.2, 0) is 39.8 Å². The van der Waals surface area contributed by atoms with Gasteiger partial charge in [0, 0.05) is 24.6 Å². The lowest BCUT2D eigenvalue weighted by Crippen LogP contribution is -2.47. The fraction of sp³-hybridized carbons (Fsp3) is 0.467. The second kappa shape index (κ2) is 15.9. The number of esters is 4. The van der Waals surface area contributed by atoms with Crippen molar-refractivity contribution in [2.24, 2.45) is 11.8 Å². The lowest BCUT2D eigenvalue weighted by molar-refractivity contribution is -0.176. The van der Waals surface area contributed by atoms with Gasteiger partial charge in [-0.1, -0.05) is 44.2 Å². The average Bonchev–Trinajstić information content (AvgIpc) is 3.02. The van der Waals surface area contributed by atoms with Crippen LogP contribution in [0.15, 0.2) is 42.6 Å². The van der Waals surface area contributed by atoms with Crippen LogP contribution in [-0.4, -0.2) is 72.6 Å². The molecule has 1 amide bonds. The third-order valence-corrected chi connectivity index (χ3v) is 6.77. The maximum Gasteiger partial charge on any atom is 0.332 e. The first-order valence-electron chi connectivity index (χ1n) is 13.8. The summed E-state index contributed by atoms with van der Waals surface area (Å²) < 4.78 is 27.3. The van der Waals surface area contributed by atoms with Crippen molar-refractivity contribution in [1.82, 2.24) is 10.3 Å². The molecule has 1 aromatic heterocycles. The van der Waals surface area contributed by atoms with Crippen LogP contribution in [0, 0.1) is 11.8 Å². The minimum Gasteiger partial charge on any atom is -0.493 e. The first kappa shape index (κ1) is 33.3. The molecule has 3 rings (SSSR count). The van der Waals surface area contributed by atoms with Gasteiger partial charge in [-0.25, -0.2) is 9.78 Å². The number of rotatable bonds is 11. The molecule has 1 fully saturated rings. The topological polar surface area (TPSA) is 156 Å². The molecule has 4 atom stereocenters. The normalized spacial score (nSPS) is 20.5. The summed E-state index contributed by atoms with van der Waals surface area (Å²) in [5.41, 5.74) is 0.422. The summed E-state index contributed by atoms with van der Waals surface area (Å²) in [6.07, 6.45) is -0.517. The van der Waals surface area contributed by atoms with E-state index in [1.165, 1.54) is 26.3 Å². The molecule has 1 aromatic carbocycles. The third-order valence-electron chi connectivity index (χ3n) is 6.50. The smallest absolute Gasteiger partial charge is 0.332 e. The van der Waals surface area contributed by atoms with Crippen molar-refractivity contribution >= 4 is 41.4 Å². The molecule has 1 aliphatic rings. The van der Waals surface area contributed by atoms with E-state index in [-0.39, 0.29) is 35.9 Å². The molecule has 2 unspecified atom stereocenters. The van der Waals surface area contributed by atoms with Crippen LogP contribution >= 0.6 is 11.6 Å². The molecule has 13 heteroatoms. The molecule has 2 heterocycles. The van der Waals surface area contributed by atoms with Gasteiger partial charge in [0.2, 0.25) is 5.75 Å². The van der Waals surface area contributed by atoms with Gasteiger partial charge in [-0.05, 0) is 25.3 Å². The number of alkyl halides is 1. The Balaban J connectivity index is 1.88. The Kier molecular flexibility index (Phi) is 12.3. The summed E-state index contributed by atoms with van der Waals surface area (Å²) in [5, 5.41) is 2.44. The van der Waals surface area contributed by atoms with Gasteiger partial charge in [0.05, 0.1) is 13.0 Å². The fourth-order valence-corrected chi connectivity index (χ4v) is 4.34. The number of benzene rings is 1. The summed E-state index contributed by atoms with van der Waals surface area (Å²) in [6.45, 7) is 4.19. The maximum atomic E-state index is 13.4. The molecule has 43 heavy (non-hydrogen) atoms. The van der Waals surface area contributed by atoms with Crippen LogP contribution in [0.25, 0.3) is 0 Å². The van der Waals surface area contributed by atoms with Gasteiger partial charge in [0.15, 0.2) is 23.6 Å². The number of carbonyl (C=O) groups excluding carboxylic acids is 5. The van der Waals surface area contributed by atoms with E-state index in [4.69, 9.17) is 35.3 Å². The zero-order chi connectivity index (χ0) is 31.5. The first-order valence-corrected chi connectivity index (χ1v) is 14.3. The van der Waals surface area contributed by atoms with Gasteiger partial charge in [-0.15, -0.1) is 11.6 Å². The molecule has 12 nitrogen and oxygen atoms in total. The van der Waals surface area contributed by atoms with E-state index >= 15 is 0 Å². The number of hydrogen-bond acceptors (Lipinski definition) is 11. The predicted molar refractivity (Wildman–Crippen MR) is 152 cm³/mol. The highest BCUT2D eigenvalue weighted by molar-refractivity contribution is 6.17. The molecule has 1 N–H and O–H groups in total. The standard InChI is InChI=1S/C30H35ClN2O10/c1-17(2)28(36)43-25-18(3)41-30(38)21(16-40-29(37)20(25)15-19-9-6-5-7-10-19)33-27(35)24-26(22(39-4)12-14-32-24)42-23(34)11-8-13-31/h5-7,9-10,12,14,17-18,20-21,25H,8,11,13,15-16H2,1-4H3,(H,33,35)/t18-,20+,21?,25?/m0/s1. The molecule has 0 spiro atoms. The van der Waals surface area contributed by atoms with Gasteiger partial charge in [0.1, 0.15) is 18.6 Å². The van der Waals surface area contributed by atoms with E-state index in [1.807, 2.05) is 18.2 Å². The predicted octanol–water partition coefficient (Wildman–Crippen LogP) is 3.03. The highest BCUT2D eigenvalue weighted by Gasteiger charge is 2.42. The summed E-state index contributed by atoms with van der Waals surface area (Å²) in [7, 11) is 1.32. The Labute approximate surface area is 254 Å². The molecular weight excluding hydrogens is 584 g/mol. The number of pyridine rings is 1. The van der Waals surface area contributed by atoms with Crippen LogP contribution in [0.3, 0.4) is 0 Å². The molecule has 0 saturated carbocycles. The van der Waals surface area contributed by atoms with Gasteiger partial charge >= 0.3 is 23.9 Å². The highest BCUT2D eigenvalue weighted by atomic mass is 35.5. The SMILES string of the molecule is COc1ccnc(C(=O)NC2COC(=O)[C@H](Cc3ccccc3)C(OC(=O)C(C)C)[C@H](C)OC2=O)c1OC(=O)CCCCl. The largest absolute Gasteiger partial charge is 0.493 e. The van der Waals surface area contributed by atoms with Crippen LogP contribution in [0.1, 0.15) is 49.7 Å². The minimum absolute atomic E-state index is 0.0158. The quantitative estimate of drug-likeness (QED) is 0.224. The second-order valence-electron chi connectivity index (χ2n) is 10.1. The number of aromatic nitrogens is 1. The van der Waals surface area contributed by atoms with Crippen LogP contribution in [0.4, 0.5) is 0 Å². The monoisotopic (exact) mass is 618 g/mol. The van der Waals surface area contributed by atoms with Crippen molar-refractivity contribution in [3.05, 3.63) is 53.9 Å². The molecular formula is C30H35ClN2O10. The van der Waals surface area contributed by atoms with E-state index in [2.05, 4.69) is 10.3 Å². The molecule has 0 aliphatic carbocycles. The summed E-state index contributed by atoms with van der Waals surface area (Å²) >= 11 is 5.65. The van der Waals surface area contributed by atoms with Crippen molar-refractivity contribution in [1.29, 1.82) is 0 Å². The van der Waals surface area contributed by atoms with Crippen molar-refractivity contribution < 1.29 is 47.7 Å². The van der Waals surface area contributed by atoms with Crippen molar-refractivity contribution in [3.8, 4) is 11.5 Å². The number of nitrogens with one attached hydrogen (secondary N) is 1. The molecule has 1 saturated heterocycles. The summed E-state index contributed by atoms with van der Waals surface area (Å²) in [4.78, 5) is 68.8. The van der Waals surface area contributed by atoms with Crippen LogP contribution in [0.5, 0.6) is 11.5 Å². The number of carbonyl (C=O) groups is 5. The van der Waals surface area contributed by atoms with E-state index < -0.39 is 66.5 Å². The van der Waals surface area contributed by atoms with Gasteiger partial charge in [-0.2, -0.15) is 0 Å². The Hall–Kier alpha value is -4.19. The first-order chi connectivity index (χ1) is 20.5. The van der Waals surface area contributed by atoms with E-state index in [1.54, 1.807) is 26.0 Å². The minimum atomic E-state index is -1.47. The number of halogens is 1. The molecule has 1 aliphatic heterocycles. The van der Waals surface area contributed by atoms with E-state index in [0.29, 0.717) is 6.42 Å². The van der Waals surface area contributed by atoms with E-state index in [9.17, 15) is 24.0 Å². The molecule has 2 aromatic rings. The Bertz CT molecular complexity index is 1300. The summed E-state index contributed by atoms with van der Waals surface area (Å²) in [6, 6.07) is 8.96. The fourth-order valence-electron chi connectivity index (χ4n) is 4.20. The van der Waals surface area contributed by atoms with Crippen LogP contribution in [0.2, 0.25) is 0 Å². The molecule has 0 bridgehead atoms. The van der Waals surface area contributed by atoms with Crippen LogP contribution < -0.4 is 14.8 Å². The number of nitrogens with zero attached hydrogens (tertiary/aromatic N) is 1. The zero-order valence-corrected chi connectivity index (χ0v) is 25.1. The lowest BCUT2D eigenvalue weighted by Gasteiger charge is -2.29. The lowest BCUT2D eigenvalue weighted by atomic mass is 9.91. The van der Waals surface area contributed by atoms with Crippen molar-refractivity contribution in [2.45, 2.75) is 58.3 Å². The number of hydrogen-bond donors (Lipinski definition) is 1. The van der Waals surface area contributed by atoms with E-state index in [0.717, 1.165) is 5.56 Å². The number of amides is 1. The molecule has 232 valence electrons. The summed E-state index contributed by atoms with van der Waals surface area (Å²) in [5.74, 6) is -5.36. The van der Waals surface area contributed by atoms with Crippen molar-refractivity contribution in [2.75, 3.05) is 19.6 Å². The zero-order valence-electron chi connectivity index (χ0n) is 24.4. The van der Waals surface area contributed by atoms with Gasteiger partial charge in [0.25, 0.3) is 5.91 Å².